The third-order valence-corrected chi connectivity index (χ3v) is 3.85. The first kappa shape index (κ1) is 18.0. The highest BCUT2D eigenvalue weighted by Gasteiger charge is 2.34. The van der Waals surface area contributed by atoms with E-state index in [1.165, 1.54) is 6.92 Å². The van der Waals surface area contributed by atoms with E-state index in [0.29, 0.717) is 0 Å². The second kappa shape index (κ2) is 6.66. The van der Waals surface area contributed by atoms with Crippen LogP contribution in [0.25, 0.3) is 0 Å². The number of nitrogens with one attached hydrogen (secondary N) is 1. The Morgan fingerprint density at radius 3 is 2.50 bits per heavy atom. The molecule has 132 valence electrons. The van der Waals surface area contributed by atoms with Crippen molar-refractivity contribution in [3.8, 4) is 0 Å². The maximum absolute atomic E-state index is 12.6. The molecule has 2 aromatic rings. The van der Waals surface area contributed by atoms with Crippen molar-refractivity contribution in [3.63, 3.8) is 0 Å². The maximum Gasteiger partial charge on any atom is 0.435 e. The van der Waals surface area contributed by atoms with Crippen molar-refractivity contribution in [2.75, 3.05) is 0 Å². The molecule has 9 heteroatoms. The molecule has 2 heterocycles. The van der Waals surface area contributed by atoms with Gasteiger partial charge in [-0.1, -0.05) is 0 Å². The third kappa shape index (κ3) is 3.77. The lowest BCUT2D eigenvalue weighted by Crippen LogP contribution is -2.31. The summed E-state index contributed by atoms with van der Waals surface area (Å²) in [7, 11) is 0. The molecule has 24 heavy (non-hydrogen) atoms. The van der Waals surface area contributed by atoms with Gasteiger partial charge in [-0.3, -0.25) is 14.2 Å². The molecule has 0 aliphatic heterocycles. The Hall–Kier alpha value is -2.32. The first-order chi connectivity index (χ1) is 11.1. The maximum atomic E-state index is 12.6. The lowest BCUT2D eigenvalue weighted by Gasteiger charge is -2.14. The Morgan fingerprint density at radius 1 is 1.33 bits per heavy atom. The number of nitrogens with zero attached hydrogens (tertiary/aromatic N) is 4. The molecule has 0 saturated heterocycles. The number of amides is 1. The van der Waals surface area contributed by atoms with E-state index in [2.05, 4.69) is 15.5 Å². The SMILES string of the molecule is CCn1ncc(C(C)NC(=O)Cn2nc(C(F)(F)F)cc2C)c1C. The highest BCUT2D eigenvalue weighted by atomic mass is 19.4. The van der Waals surface area contributed by atoms with Gasteiger partial charge in [0.2, 0.25) is 5.91 Å². The van der Waals surface area contributed by atoms with Gasteiger partial charge in [0.05, 0.1) is 12.2 Å². The summed E-state index contributed by atoms with van der Waals surface area (Å²) in [6.07, 6.45) is -2.84. The second-order valence-corrected chi connectivity index (χ2v) is 5.62. The van der Waals surface area contributed by atoms with E-state index in [1.807, 2.05) is 18.5 Å². The first-order valence-electron chi connectivity index (χ1n) is 7.56. The van der Waals surface area contributed by atoms with Gasteiger partial charge in [-0.25, -0.2) is 0 Å². The molecule has 2 aromatic heterocycles. The number of hydrogen-bond acceptors (Lipinski definition) is 3. The number of aromatic nitrogens is 4. The number of carbonyl (C=O) groups is 1. The molecule has 1 amide bonds. The van der Waals surface area contributed by atoms with Crippen molar-refractivity contribution in [2.24, 2.45) is 0 Å². The van der Waals surface area contributed by atoms with Crippen LogP contribution < -0.4 is 5.32 Å². The van der Waals surface area contributed by atoms with E-state index in [4.69, 9.17) is 0 Å². The molecule has 0 aliphatic carbocycles. The summed E-state index contributed by atoms with van der Waals surface area (Å²) in [6, 6.07) is 0.627. The Balaban J connectivity index is 2.05. The molecular formula is C15H20F3N5O. The number of aryl methyl sites for hydroxylation is 2. The van der Waals surface area contributed by atoms with Crippen LogP contribution in [0.2, 0.25) is 0 Å². The predicted octanol–water partition coefficient (Wildman–Crippen LogP) is 2.61. The van der Waals surface area contributed by atoms with Crippen LogP contribution in [0.1, 0.15) is 42.5 Å². The Kier molecular flexibility index (Phi) is 5.00. The quantitative estimate of drug-likeness (QED) is 0.908. The molecule has 2 rings (SSSR count). The van der Waals surface area contributed by atoms with E-state index < -0.39 is 17.8 Å². The average Bonchev–Trinajstić information content (AvgIpc) is 3.02. The molecule has 1 unspecified atom stereocenters. The first-order valence-corrected chi connectivity index (χ1v) is 7.56. The smallest absolute Gasteiger partial charge is 0.348 e. The van der Waals surface area contributed by atoms with Crippen LogP contribution >= 0.6 is 0 Å². The van der Waals surface area contributed by atoms with Crippen molar-refractivity contribution >= 4 is 5.91 Å². The van der Waals surface area contributed by atoms with Gasteiger partial charge in [0.1, 0.15) is 6.54 Å². The highest BCUT2D eigenvalue weighted by molar-refractivity contribution is 5.76. The van der Waals surface area contributed by atoms with Crippen LogP contribution in [-0.2, 0) is 24.1 Å². The topological polar surface area (TPSA) is 64.7 Å². The van der Waals surface area contributed by atoms with Gasteiger partial charge >= 0.3 is 6.18 Å². The lowest BCUT2D eigenvalue weighted by molar-refractivity contribution is -0.141. The molecule has 1 N–H and O–H groups in total. The fourth-order valence-corrected chi connectivity index (χ4v) is 2.51. The molecule has 0 aromatic carbocycles. The fourth-order valence-electron chi connectivity index (χ4n) is 2.51. The summed E-state index contributed by atoms with van der Waals surface area (Å²) in [5.74, 6) is -0.411. The standard InChI is InChI=1S/C15H20F3N5O/c1-5-22-11(4)12(7-19-22)10(3)20-14(24)8-23-9(2)6-13(21-23)15(16,17)18/h6-7,10H,5,8H2,1-4H3,(H,20,24). The van der Waals surface area contributed by atoms with Crippen LogP contribution in [0, 0.1) is 13.8 Å². The number of alkyl halides is 3. The zero-order valence-electron chi connectivity index (χ0n) is 14.0. The highest BCUT2D eigenvalue weighted by Crippen LogP contribution is 2.28. The summed E-state index contributed by atoms with van der Waals surface area (Å²) < 4.78 is 40.8. The van der Waals surface area contributed by atoms with Gasteiger partial charge in [0, 0.05) is 23.5 Å². The normalized spacial score (nSPS) is 13.1. The van der Waals surface area contributed by atoms with Gasteiger partial charge in [-0.05, 0) is 33.8 Å². The van der Waals surface area contributed by atoms with Gasteiger partial charge in [-0.15, -0.1) is 0 Å². The van der Waals surface area contributed by atoms with E-state index in [-0.39, 0.29) is 18.3 Å². The third-order valence-electron chi connectivity index (χ3n) is 3.85. The molecular weight excluding hydrogens is 323 g/mol. The zero-order valence-corrected chi connectivity index (χ0v) is 14.0. The van der Waals surface area contributed by atoms with E-state index >= 15 is 0 Å². The summed E-state index contributed by atoms with van der Waals surface area (Å²) >= 11 is 0. The van der Waals surface area contributed by atoms with E-state index in [1.54, 1.807) is 13.1 Å². The summed E-state index contributed by atoms with van der Waals surface area (Å²) in [4.78, 5) is 12.1. The molecule has 0 spiro atoms. The largest absolute Gasteiger partial charge is 0.435 e. The fraction of sp³-hybridized carbons (Fsp3) is 0.533. The van der Waals surface area contributed by atoms with Crippen molar-refractivity contribution < 1.29 is 18.0 Å². The van der Waals surface area contributed by atoms with Gasteiger partial charge in [-0.2, -0.15) is 23.4 Å². The van der Waals surface area contributed by atoms with Crippen LogP contribution in [0.4, 0.5) is 13.2 Å². The molecule has 0 saturated carbocycles. The average molecular weight is 343 g/mol. The Morgan fingerprint density at radius 2 is 2.00 bits per heavy atom. The summed E-state index contributed by atoms with van der Waals surface area (Å²) in [5.41, 5.74) is 1.10. The molecule has 1 atom stereocenters. The predicted molar refractivity (Wildman–Crippen MR) is 81.2 cm³/mol. The minimum Gasteiger partial charge on any atom is -0.348 e. The van der Waals surface area contributed by atoms with Crippen molar-refractivity contribution in [2.45, 2.75) is 53.0 Å². The summed E-state index contributed by atoms with van der Waals surface area (Å²) in [5, 5.41) is 10.4. The van der Waals surface area contributed by atoms with Crippen molar-refractivity contribution in [3.05, 3.63) is 34.9 Å². The second-order valence-electron chi connectivity index (χ2n) is 5.62. The zero-order chi connectivity index (χ0) is 18.1. The minimum atomic E-state index is -4.52. The molecule has 0 radical (unpaired) electrons. The molecule has 6 nitrogen and oxygen atoms in total. The minimum absolute atomic E-state index is 0.271. The van der Waals surface area contributed by atoms with Gasteiger partial charge in [0.15, 0.2) is 5.69 Å². The van der Waals surface area contributed by atoms with Crippen molar-refractivity contribution in [1.82, 2.24) is 24.9 Å². The van der Waals surface area contributed by atoms with Gasteiger partial charge in [0.25, 0.3) is 0 Å². The number of carbonyl (C=O) groups excluding carboxylic acids is 1. The number of rotatable bonds is 5. The van der Waals surface area contributed by atoms with Crippen molar-refractivity contribution in [1.29, 1.82) is 0 Å². The number of hydrogen-bond donors (Lipinski definition) is 1. The molecule has 0 aliphatic rings. The van der Waals surface area contributed by atoms with E-state index in [9.17, 15) is 18.0 Å². The number of halogens is 3. The monoisotopic (exact) mass is 343 g/mol. The molecule has 0 fully saturated rings. The van der Waals surface area contributed by atoms with Crippen LogP contribution in [0.15, 0.2) is 12.3 Å². The Bertz CT molecular complexity index is 732. The van der Waals surface area contributed by atoms with Crippen LogP contribution in [0.5, 0.6) is 0 Å². The summed E-state index contributed by atoms with van der Waals surface area (Å²) in [6.45, 7) is 7.60. The lowest BCUT2D eigenvalue weighted by atomic mass is 10.1. The van der Waals surface area contributed by atoms with Gasteiger partial charge < -0.3 is 5.32 Å². The molecule has 0 bridgehead atoms. The van der Waals surface area contributed by atoms with Crippen LogP contribution in [-0.4, -0.2) is 25.5 Å². The van der Waals surface area contributed by atoms with E-state index in [0.717, 1.165) is 28.6 Å². The van der Waals surface area contributed by atoms with Crippen LogP contribution in [0.3, 0.4) is 0 Å². The Labute approximate surface area is 137 Å².